The highest BCUT2D eigenvalue weighted by Gasteiger charge is 2.30. The minimum absolute atomic E-state index is 0.0321. The Kier molecular flexibility index (Phi) is 4.31. The molecule has 0 N–H and O–H groups in total. The van der Waals surface area contributed by atoms with E-state index in [4.69, 9.17) is 0 Å². The number of rotatable bonds is 5. The summed E-state index contributed by atoms with van der Waals surface area (Å²) in [5, 5.41) is 4.08. The molecule has 2 heterocycles. The summed E-state index contributed by atoms with van der Waals surface area (Å²) in [5.41, 5.74) is 3.13. The van der Waals surface area contributed by atoms with Crippen molar-refractivity contribution in [1.29, 1.82) is 0 Å². The van der Waals surface area contributed by atoms with Crippen LogP contribution in [-0.2, 0) is 6.42 Å². The Bertz CT molecular complexity index is 935. The van der Waals surface area contributed by atoms with E-state index in [1.54, 1.807) is 35.4 Å². The lowest BCUT2D eigenvalue weighted by atomic mass is 10.1. The minimum Gasteiger partial charge on any atom is -0.328 e. The standard InChI is InChI=1S/C20H19N5O/c1-2-11-24(18-8-7-15-5-3-4-6-17(15)18)20(26)16-9-10-22-19(12-16)25-14-21-13-23-25/h2-6,9-10,12-14,18H,1,7-8,11H2/t18-/m1/s1. The van der Waals surface area contributed by atoms with Crippen LogP contribution in [0.4, 0.5) is 0 Å². The summed E-state index contributed by atoms with van der Waals surface area (Å²) in [6, 6.07) is 11.9. The molecule has 1 amide bonds. The molecule has 130 valence electrons. The van der Waals surface area contributed by atoms with Crippen molar-refractivity contribution in [3.8, 4) is 5.82 Å². The van der Waals surface area contributed by atoms with E-state index in [1.807, 2.05) is 17.0 Å². The van der Waals surface area contributed by atoms with E-state index in [1.165, 1.54) is 17.5 Å². The Labute approximate surface area is 151 Å². The second-order valence-electron chi connectivity index (χ2n) is 6.24. The maximum atomic E-state index is 13.3. The van der Waals surface area contributed by atoms with Crippen molar-refractivity contribution in [1.82, 2.24) is 24.6 Å². The third-order valence-corrected chi connectivity index (χ3v) is 4.71. The molecule has 0 aliphatic heterocycles. The van der Waals surface area contributed by atoms with Crippen LogP contribution in [0.2, 0.25) is 0 Å². The SMILES string of the molecule is C=CCN(C(=O)c1ccnc(-n2cncn2)c1)[C@@H]1CCc2ccccc21. The molecule has 0 fully saturated rings. The molecular formula is C20H19N5O. The monoisotopic (exact) mass is 345 g/mol. The average Bonchev–Trinajstić information content (AvgIpc) is 3.36. The van der Waals surface area contributed by atoms with E-state index in [9.17, 15) is 4.79 Å². The Balaban J connectivity index is 1.67. The predicted octanol–water partition coefficient (Wildman–Crippen LogP) is 2.98. The Hall–Kier alpha value is -3.28. The van der Waals surface area contributed by atoms with Gasteiger partial charge in [0.2, 0.25) is 0 Å². The van der Waals surface area contributed by atoms with Gasteiger partial charge in [0.1, 0.15) is 12.7 Å². The predicted molar refractivity (Wildman–Crippen MR) is 97.9 cm³/mol. The highest BCUT2D eigenvalue weighted by atomic mass is 16.2. The van der Waals surface area contributed by atoms with E-state index >= 15 is 0 Å². The summed E-state index contributed by atoms with van der Waals surface area (Å²) in [5.74, 6) is 0.536. The zero-order valence-electron chi connectivity index (χ0n) is 14.3. The molecule has 1 aliphatic carbocycles. The lowest BCUT2D eigenvalue weighted by molar-refractivity contribution is 0.0701. The fraction of sp³-hybridized carbons (Fsp3) is 0.200. The molecule has 4 rings (SSSR count). The number of hydrogen-bond acceptors (Lipinski definition) is 4. The first-order chi connectivity index (χ1) is 12.8. The van der Waals surface area contributed by atoms with Gasteiger partial charge in [0, 0.05) is 18.3 Å². The fourth-order valence-electron chi connectivity index (χ4n) is 3.52. The first-order valence-corrected chi connectivity index (χ1v) is 8.58. The first-order valence-electron chi connectivity index (χ1n) is 8.58. The van der Waals surface area contributed by atoms with E-state index in [0.29, 0.717) is 17.9 Å². The van der Waals surface area contributed by atoms with Crippen LogP contribution in [0.1, 0.15) is 33.9 Å². The van der Waals surface area contributed by atoms with Crippen molar-refractivity contribution < 1.29 is 4.79 Å². The molecular weight excluding hydrogens is 326 g/mol. The van der Waals surface area contributed by atoms with Crippen LogP contribution in [-0.4, -0.2) is 37.1 Å². The normalized spacial score (nSPS) is 15.5. The minimum atomic E-state index is -0.0321. The van der Waals surface area contributed by atoms with E-state index in [-0.39, 0.29) is 11.9 Å². The van der Waals surface area contributed by atoms with Crippen molar-refractivity contribution in [3.63, 3.8) is 0 Å². The number of carbonyl (C=O) groups is 1. The summed E-state index contributed by atoms with van der Waals surface area (Å²) in [6.45, 7) is 4.33. The van der Waals surface area contributed by atoms with Crippen molar-refractivity contribution in [2.75, 3.05) is 6.54 Å². The molecule has 1 aliphatic rings. The number of amides is 1. The quantitative estimate of drug-likeness (QED) is 0.667. The molecule has 1 aromatic carbocycles. The zero-order chi connectivity index (χ0) is 17.9. The van der Waals surface area contributed by atoms with Gasteiger partial charge >= 0.3 is 0 Å². The van der Waals surface area contributed by atoms with Gasteiger partial charge in [-0.1, -0.05) is 30.3 Å². The topological polar surface area (TPSA) is 63.9 Å². The smallest absolute Gasteiger partial charge is 0.254 e. The van der Waals surface area contributed by atoms with Gasteiger partial charge in [-0.3, -0.25) is 4.79 Å². The Morgan fingerprint density at radius 2 is 2.23 bits per heavy atom. The van der Waals surface area contributed by atoms with Crippen molar-refractivity contribution in [3.05, 3.63) is 84.6 Å². The Morgan fingerprint density at radius 3 is 3.04 bits per heavy atom. The maximum Gasteiger partial charge on any atom is 0.254 e. The molecule has 6 nitrogen and oxygen atoms in total. The number of aryl methyl sites for hydroxylation is 1. The molecule has 0 saturated carbocycles. The average molecular weight is 345 g/mol. The summed E-state index contributed by atoms with van der Waals surface area (Å²) >= 11 is 0. The summed E-state index contributed by atoms with van der Waals surface area (Å²) < 4.78 is 1.54. The maximum absolute atomic E-state index is 13.3. The molecule has 6 heteroatoms. The number of carbonyl (C=O) groups excluding carboxylic acids is 1. The molecule has 0 bridgehead atoms. The van der Waals surface area contributed by atoms with Crippen molar-refractivity contribution in [2.45, 2.75) is 18.9 Å². The molecule has 1 atom stereocenters. The number of aromatic nitrogens is 4. The van der Waals surface area contributed by atoms with Gasteiger partial charge in [0.05, 0.1) is 6.04 Å². The summed E-state index contributed by atoms with van der Waals surface area (Å²) in [4.78, 5) is 23.3. The van der Waals surface area contributed by atoms with Crippen LogP contribution in [0, 0.1) is 0 Å². The third kappa shape index (κ3) is 2.90. The van der Waals surface area contributed by atoms with Crippen LogP contribution >= 0.6 is 0 Å². The molecule has 0 saturated heterocycles. The fourth-order valence-corrected chi connectivity index (χ4v) is 3.52. The number of hydrogen-bond donors (Lipinski definition) is 0. The number of fused-ring (bicyclic) bond motifs is 1. The van der Waals surface area contributed by atoms with Crippen LogP contribution in [0.3, 0.4) is 0 Å². The van der Waals surface area contributed by atoms with Crippen molar-refractivity contribution in [2.24, 2.45) is 0 Å². The van der Waals surface area contributed by atoms with Gasteiger partial charge < -0.3 is 4.90 Å². The van der Waals surface area contributed by atoms with Crippen LogP contribution in [0.5, 0.6) is 0 Å². The third-order valence-electron chi connectivity index (χ3n) is 4.71. The number of pyridine rings is 1. The number of nitrogens with zero attached hydrogens (tertiary/aromatic N) is 5. The highest BCUT2D eigenvalue weighted by Crippen LogP contribution is 2.36. The highest BCUT2D eigenvalue weighted by molar-refractivity contribution is 5.95. The van der Waals surface area contributed by atoms with Gasteiger partial charge in [-0.15, -0.1) is 6.58 Å². The van der Waals surface area contributed by atoms with Crippen LogP contribution in [0.25, 0.3) is 5.82 Å². The molecule has 0 spiro atoms. The van der Waals surface area contributed by atoms with E-state index < -0.39 is 0 Å². The number of benzene rings is 1. The zero-order valence-corrected chi connectivity index (χ0v) is 14.3. The molecule has 2 aromatic heterocycles. The first kappa shape index (κ1) is 16.2. The molecule has 0 radical (unpaired) electrons. The molecule has 0 unspecified atom stereocenters. The lowest BCUT2D eigenvalue weighted by Crippen LogP contribution is -2.34. The summed E-state index contributed by atoms with van der Waals surface area (Å²) in [7, 11) is 0. The molecule has 3 aromatic rings. The molecule has 26 heavy (non-hydrogen) atoms. The van der Waals surface area contributed by atoms with E-state index in [2.05, 4.69) is 33.8 Å². The lowest BCUT2D eigenvalue weighted by Gasteiger charge is -2.29. The van der Waals surface area contributed by atoms with E-state index in [0.717, 1.165) is 12.8 Å². The van der Waals surface area contributed by atoms with Gasteiger partial charge in [-0.2, -0.15) is 5.10 Å². The Morgan fingerprint density at radius 1 is 1.35 bits per heavy atom. The van der Waals surface area contributed by atoms with Crippen LogP contribution < -0.4 is 0 Å². The van der Waals surface area contributed by atoms with Gasteiger partial charge in [-0.25, -0.2) is 14.6 Å². The van der Waals surface area contributed by atoms with Crippen LogP contribution in [0.15, 0.2) is 67.9 Å². The van der Waals surface area contributed by atoms with Gasteiger partial charge in [0.25, 0.3) is 5.91 Å². The van der Waals surface area contributed by atoms with Gasteiger partial charge in [-0.05, 0) is 36.1 Å². The second-order valence-corrected chi connectivity index (χ2v) is 6.24. The van der Waals surface area contributed by atoms with Gasteiger partial charge in [0.15, 0.2) is 5.82 Å². The summed E-state index contributed by atoms with van der Waals surface area (Å²) in [6.07, 6.45) is 8.32. The largest absolute Gasteiger partial charge is 0.328 e. The van der Waals surface area contributed by atoms with Crippen molar-refractivity contribution >= 4 is 5.91 Å². The second kappa shape index (κ2) is 6.92.